The number of carbonyl (C=O) groups excluding carboxylic acids is 2. The van der Waals surface area contributed by atoms with Crippen LogP contribution in [0.3, 0.4) is 0 Å². The summed E-state index contributed by atoms with van der Waals surface area (Å²) < 4.78 is 41.8. The highest BCUT2D eigenvalue weighted by molar-refractivity contribution is 6.01. The summed E-state index contributed by atoms with van der Waals surface area (Å²) in [6.45, 7) is 12.2. The molecule has 0 aliphatic rings. The van der Waals surface area contributed by atoms with Crippen LogP contribution in [0.4, 0.5) is 18.4 Å². The third-order valence-corrected chi connectivity index (χ3v) is 6.21. The largest absolute Gasteiger partial charge is 0.444 e. The van der Waals surface area contributed by atoms with Crippen LogP contribution >= 0.6 is 0 Å². The first-order chi connectivity index (χ1) is 20.0. The number of amides is 1. The summed E-state index contributed by atoms with van der Waals surface area (Å²) in [6, 6.07) is 12.2. The van der Waals surface area contributed by atoms with Crippen molar-refractivity contribution in [1.29, 1.82) is 5.26 Å². The summed E-state index contributed by atoms with van der Waals surface area (Å²) in [5.74, 6) is -1.37. The number of hydrogen-bond donors (Lipinski definition) is 0. The fraction of sp³-hybridized carbons (Fsp3) is 0.344. The molecule has 0 N–H and O–H groups in total. The normalized spacial score (nSPS) is 11.7. The Morgan fingerprint density at radius 1 is 1.02 bits per heavy atom. The molecule has 11 heteroatoms. The Balaban J connectivity index is 1.86. The molecule has 9 nitrogen and oxygen atoms in total. The van der Waals surface area contributed by atoms with E-state index >= 15 is 4.39 Å². The number of pyridine rings is 1. The number of nitrogens with zero attached hydrogens (tertiary/aromatic N) is 5. The standard InChI is InChI=1S/C32H33F2N5O4/c1-18-12-19(17-38(8)29(40)42-31(2,3)4)13-23(33)27(18)21-15-22-25(14-20(21)16-35)39(30(41)43-32(5,6)7)37-28(22)24-10-9-11-26(34)36-24/h9-15H,17H2,1-8H3. The van der Waals surface area contributed by atoms with E-state index in [1.807, 2.05) is 0 Å². The zero-order chi connectivity index (χ0) is 31.9. The third kappa shape index (κ3) is 6.97. The average Bonchev–Trinajstić information content (AvgIpc) is 3.24. The van der Waals surface area contributed by atoms with Crippen molar-refractivity contribution < 1.29 is 27.8 Å². The lowest BCUT2D eigenvalue weighted by Crippen LogP contribution is -2.33. The van der Waals surface area contributed by atoms with Gasteiger partial charge in [-0.15, -0.1) is 0 Å². The van der Waals surface area contributed by atoms with E-state index in [4.69, 9.17) is 9.47 Å². The molecule has 0 fully saturated rings. The molecule has 0 saturated heterocycles. The fourth-order valence-electron chi connectivity index (χ4n) is 4.56. The van der Waals surface area contributed by atoms with Crippen LogP contribution in [0.5, 0.6) is 0 Å². The van der Waals surface area contributed by atoms with E-state index in [2.05, 4.69) is 16.2 Å². The predicted molar refractivity (Wildman–Crippen MR) is 157 cm³/mol. The highest BCUT2D eigenvalue weighted by atomic mass is 19.1. The zero-order valence-corrected chi connectivity index (χ0v) is 25.4. The maximum Gasteiger partial charge on any atom is 0.435 e. The second-order valence-electron chi connectivity index (χ2n) is 12.2. The van der Waals surface area contributed by atoms with Crippen LogP contribution in [-0.2, 0) is 16.0 Å². The number of benzene rings is 2. The van der Waals surface area contributed by atoms with Gasteiger partial charge in [-0.2, -0.15) is 19.4 Å². The van der Waals surface area contributed by atoms with Crippen molar-refractivity contribution in [2.45, 2.75) is 66.2 Å². The van der Waals surface area contributed by atoms with E-state index in [9.17, 15) is 19.2 Å². The van der Waals surface area contributed by atoms with Gasteiger partial charge in [0.15, 0.2) is 0 Å². The number of ether oxygens (including phenoxy) is 2. The lowest BCUT2D eigenvalue weighted by atomic mass is 9.92. The van der Waals surface area contributed by atoms with Crippen molar-refractivity contribution in [3.8, 4) is 28.6 Å². The molecule has 4 rings (SSSR count). The molecular formula is C32H33F2N5O4. The number of carbonyl (C=O) groups is 2. The molecule has 1 amide bonds. The molecule has 0 aliphatic heterocycles. The summed E-state index contributed by atoms with van der Waals surface area (Å²) in [7, 11) is 1.56. The van der Waals surface area contributed by atoms with Gasteiger partial charge in [-0.1, -0.05) is 12.1 Å². The number of hydrogen-bond acceptors (Lipinski definition) is 7. The number of aryl methyl sites for hydroxylation is 1. The fourth-order valence-corrected chi connectivity index (χ4v) is 4.56. The summed E-state index contributed by atoms with van der Waals surface area (Å²) in [6.07, 6.45) is -1.36. The molecule has 0 unspecified atom stereocenters. The molecule has 0 spiro atoms. The molecule has 43 heavy (non-hydrogen) atoms. The minimum absolute atomic E-state index is 0.0802. The Labute approximate surface area is 248 Å². The van der Waals surface area contributed by atoms with Gasteiger partial charge in [-0.25, -0.2) is 19.0 Å². The van der Waals surface area contributed by atoms with Gasteiger partial charge in [0, 0.05) is 30.1 Å². The van der Waals surface area contributed by atoms with E-state index in [1.165, 1.54) is 35.2 Å². The molecule has 2 heterocycles. The first-order valence-corrected chi connectivity index (χ1v) is 13.5. The molecule has 4 aromatic rings. The third-order valence-electron chi connectivity index (χ3n) is 6.21. The maximum atomic E-state index is 15.8. The number of aromatic nitrogens is 3. The topological polar surface area (TPSA) is 110 Å². The Morgan fingerprint density at radius 3 is 2.28 bits per heavy atom. The first-order valence-electron chi connectivity index (χ1n) is 13.5. The molecular weight excluding hydrogens is 556 g/mol. The summed E-state index contributed by atoms with van der Waals surface area (Å²) in [4.78, 5) is 30.8. The van der Waals surface area contributed by atoms with E-state index in [0.29, 0.717) is 16.5 Å². The summed E-state index contributed by atoms with van der Waals surface area (Å²) in [5, 5.41) is 14.8. The van der Waals surface area contributed by atoms with Gasteiger partial charge in [0.2, 0.25) is 5.95 Å². The molecule has 0 saturated carbocycles. The van der Waals surface area contributed by atoms with Crippen molar-refractivity contribution >= 4 is 23.1 Å². The van der Waals surface area contributed by atoms with Crippen molar-refractivity contribution in [1.82, 2.24) is 19.7 Å². The lowest BCUT2D eigenvalue weighted by Gasteiger charge is -2.25. The Bertz CT molecular complexity index is 1750. The Morgan fingerprint density at radius 2 is 1.70 bits per heavy atom. The van der Waals surface area contributed by atoms with Gasteiger partial charge in [0.25, 0.3) is 0 Å². The molecule has 0 aliphatic carbocycles. The number of rotatable bonds is 4. The Hall–Kier alpha value is -4.85. The quantitative estimate of drug-likeness (QED) is 0.229. The average molecular weight is 590 g/mol. The van der Waals surface area contributed by atoms with Gasteiger partial charge < -0.3 is 14.4 Å². The van der Waals surface area contributed by atoms with Gasteiger partial charge in [0.05, 0.1) is 22.8 Å². The van der Waals surface area contributed by atoms with Crippen LogP contribution in [0.1, 0.15) is 58.2 Å². The second-order valence-corrected chi connectivity index (χ2v) is 12.2. The maximum absolute atomic E-state index is 15.8. The van der Waals surface area contributed by atoms with Gasteiger partial charge >= 0.3 is 12.2 Å². The van der Waals surface area contributed by atoms with E-state index in [0.717, 1.165) is 4.68 Å². The van der Waals surface area contributed by atoms with Crippen LogP contribution in [0, 0.1) is 30.0 Å². The van der Waals surface area contributed by atoms with Crippen molar-refractivity contribution in [2.24, 2.45) is 0 Å². The lowest BCUT2D eigenvalue weighted by molar-refractivity contribution is 0.0284. The zero-order valence-electron chi connectivity index (χ0n) is 25.4. The highest BCUT2D eigenvalue weighted by Crippen LogP contribution is 2.37. The van der Waals surface area contributed by atoms with E-state index in [1.54, 1.807) is 67.6 Å². The highest BCUT2D eigenvalue weighted by Gasteiger charge is 2.26. The molecule has 2 aromatic carbocycles. The molecule has 0 bridgehead atoms. The number of fused-ring (bicyclic) bond motifs is 1. The van der Waals surface area contributed by atoms with Crippen LogP contribution in [0.15, 0.2) is 42.5 Å². The molecule has 0 radical (unpaired) electrons. The monoisotopic (exact) mass is 589 g/mol. The second kappa shape index (κ2) is 11.4. The minimum atomic E-state index is -0.843. The van der Waals surface area contributed by atoms with Gasteiger partial charge in [-0.3, -0.25) is 0 Å². The van der Waals surface area contributed by atoms with Crippen LogP contribution < -0.4 is 0 Å². The number of nitriles is 1. The van der Waals surface area contributed by atoms with Crippen molar-refractivity contribution in [3.05, 3.63) is 70.9 Å². The molecule has 2 aromatic heterocycles. The summed E-state index contributed by atoms with van der Waals surface area (Å²) in [5.41, 5.74) is 0.497. The van der Waals surface area contributed by atoms with Crippen molar-refractivity contribution in [2.75, 3.05) is 7.05 Å². The van der Waals surface area contributed by atoms with Gasteiger partial charge in [-0.05, 0) is 89.9 Å². The van der Waals surface area contributed by atoms with E-state index < -0.39 is 35.2 Å². The minimum Gasteiger partial charge on any atom is -0.444 e. The summed E-state index contributed by atoms with van der Waals surface area (Å²) >= 11 is 0. The van der Waals surface area contributed by atoms with Crippen LogP contribution in [0.25, 0.3) is 33.4 Å². The molecule has 0 atom stereocenters. The van der Waals surface area contributed by atoms with Gasteiger partial charge in [0.1, 0.15) is 22.7 Å². The smallest absolute Gasteiger partial charge is 0.435 e. The first kappa shape index (κ1) is 31.1. The molecule has 224 valence electrons. The number of halogens is 2. The van der Waals surface area contributed by atoms with E-state index in [-0.39, 0.29) is 40.1 Å². The van der Waals surface area contributed by atoms with Crippen LogP contribution in [0.2, 0.25) is 0 Å². The van der Waals surface area contributed by atoms with Crippen molar-refractivity contribution in [3.63, 3.8) is 0 Å². The predicted octanol–water partition coefficient (Wildman–Crippen LogP) is 7.37. The Kier molecular flexibility index (Phi) is 8.27. The SMILES string of the molecule is Cc1cc(CN(C)C(=O)OC(C)(C)C)cc(F)c1-c1cc2c(-c3cccc(F)n3)nn(C(=O)OC(C)(C)C)c2cc1C#N. The van der Waals surface area contributed by atoms with Crippen LogP contribution in [-0.4, -0.2) is 50.1 Å².